The van der Waals surface area contributed by atoms with E-state index in [9.17, 15) is 8.42 Å². The zero-order valence-electron chi connectivity index (χ0n) is 9.66. The van der Waals surface area contributed by atoms with Crippen LogP contribution in [0.2, 0.25) is 0 Å². The molecule has 1 fully saturated rings. The van der Waals surface area contributed by atoms with Gasteiger partial charge in [0.15, 0.2) is 5.03 Å². The second kappa shape index (κ2) is 4.73. The highest BCUT2D eigenvalue weighted by atomic mass is 32.2. The van der Waals surface area contributed by atoms with Crippen molar-refractivity contribution in [2.75, 3.05) is 27.3 Å². The van der Waals surface area contributed by atoms with Gasteiger partial charge in [-0.25, -0.2) is 8.42 Å². The molecule has 0 amide bonds. The molecule has 1 N–H and O–H groups in total. The van der Waals surface area contributed by atoms with Crippen molar-refractivity contribution in [1.29, 1.82) is 0 Å². The lowest BCUT2D eigenvalue weighted by Gasteiger charge is -2.13. The molecule has 0 aromatic carbocycles. The summed E-state index contributed by atoms with van der Waals surface area (Å²) in [7, 11) is -0.437. The fraction of sp³-hybridized carbons (Fsp3) is 0.667. The minimum Gasteiger partial charge on any atom is -0.377 e. The Morgan fingerprint density at radius 2 is 1.94 bits per heavy atom. The van der Waals surface area contributed by atoms with Gasteiger partial charge in [0.25, 0.3) is 10.0 Å². The molecular formula is C9H15N3O4S. The third kappa shape index (κ3) is 2.21. The molecule has 1 saturated heterocycles. The van der Waals surface area contributed by atoms with Gasteiger partial charge < -0.3 is 9.47 Å². The van der Waals surface area contributed by atoms with E-state index in [1.807, 2.05) is 0 Å². The van der Waals surface area contributed by atoms with E-state index in [-0.39, 0.29) is 30.3 Å². The van der Waals surface area contributed by atoms with Crippen LogP contribution >= 0.6 is 0 Å². The van der Waals surface area contributed by atoms with Crippen molar-refractivity contribution in [3.63, 3.8) is 0 Å². The van der Waals surface area contributed by atoms with Gasteiger partial charge in [-0.15, -0.1) is 0 Å². The number of nitrogens with zero attached hydrogens (tertiary/aromatic N) is 2. The summed E-state index contributed by atoms with van der Waals surface area (Å²) in [5, 5.41) is 6.19. The minimum atomic E-state index is -3.53. The van der Waals surface area contributed by atoms with Gasteiger partial charge in [-0.3, -0.25) is 5.10 Å². The van der Waals surface area contributed by atoms with E-state index in [1.54, 1.807) is 14.2 Å². The van der Waals surface area contributed by atoms with Crippen molar-refractivity contribution >= 4 is 10.0 Å². The van der Waals surface area contributed by atoms with Gasteiger partial charge in [-0.2, -0.15) is 9.40 Å². The van der Waals surface area contributed by atoms with E-state index in [2.05, 4.69) is 10.2 Å². The third-order valence-electron chi connectivity index (χ3n) is 2.88. The number of aromatic nitrogens is 2. The molecule has 17 heavy (non-hydrogen) atoms. The van der Waals surface area contributed by atoms with E-state index in [0.29, 0.717) is 0 Å². The van der Waals surface area contributed by atoms with Gasteiger partial charge >= 0.3 is 0 Å². The number of rotatable bonds is 4. The Morgan fingerprint density at radius 3 is 2.35 bits per heavy atom. The number of hydrogen-bond donors (Lipinski definition) is 1. The van der Waals surface area contributed by atoms with E-state index in [4.69, 9.17) is 9.47 Å². The first kappa shape index (κ1) is 12.5. The van der Waals surface area contributed by atoms with Crippen LogP contribution in [0.25, 0.3) is 0 Å². The lowest BCUT2D eigenvalue weighted by atomic mass is 10.3. The Labute approximate surface area is 99.8 Å². The topological polar surface area (TPSA) is 84.5 Å². The second-order valence-corrected chi connectivity index (χ2v) is 5.70. The molecule has 1 aliphatic heterocycles. The van der Waals surface area contributed by atoms with E-state index < -0.39 is 10.0 Å². The van der Waals surface area contributed by atoms with Crippen LogP contribution in [-0.2, 0) is 19.5 Å². The van der Waals surface area contributed by atoms with Crippen molar-refractivity contribution in [3.05, 3.63) is 12.3 Å². The molecule has 7 nitrogen and oxygen atoms in total. The first-order valence-corrected chi connectivity index (χ1v) is 6.58. The van der Waals surface area contributed by atoms with Crippen molar-refractivity contribution < 1.29 is 17.9 Å². The Morgan fingerprint density at radius 1 is 1.35 bits per heavy atom. The van der Waals surface area contributed by atoms with Gasteiger partial charge in [-0.05, 0) is 6.07 Å². The van der Waals surface area contributed by atoms with E-state index in [0.717, 1.165) is 0 Å². The van der Waals surface area contributed by atoms with Gasteiger partial charge in [-0.1, -0.05) is 0 Å². The Hall–Kier alpha value is -0.960. The number of aromatic amines is 1. The highest BCUT2D eigenvalue weighted by Crippen LogP contribution is 2.22. The average Bonchev–Trinajstić information content (AvgIpc) is 2.98. The monoisotopic (exact) mass is 261 g/mol. The summed E-state index contributed by atoms with van der Waals surface area (Å²) >= 11 is 0. The Kier molecular flexibility index (Phi) is 3.48. The van der Waals surface area contributed by atoms with Crippen LogP contribution < -0.4 is 0 Å². The Bertz CT molecular complexity index is 447. The van der Waals surface area contributed by atoms with Crippen LogP contribution in [-0.4, -0.2) is 62.4 Å². The lowest BCUT2D eigenvalue weighted by molar-refractivity contribution is -0.00461. The molecular weight excluding hydrogens is 246 g/mol. The number of hydrogen-bond acceptors (Lipinski definition) is 5. The summed E-state index contributed by atoms with van der Waals surface area (Å²) in [6.07, 6.45) is 0.931. The summed E-state index contributed by atoms with van der Waals surface area (Å²) in [6, 6.07) is 1.43. The molecule has 96 valence electrons. The highest BCUT2D eigenvalue weighted by Gasteiger charge is 2.40. The van der Waals surface area contributed by atoms with Crippen LogP contribution in [0.3, 0.4) is 0 Å². The van der Waals surface area contributed by atoms with Crippen molar-refractivity contribution in [2.45, 2.75) is 17.2 Å². The molecule has 1 aromatic rings. The van der Waals surface area contributed by atoms with Crippen LogP contribution in [0.5, 0.6) is 0 Å². The maximum Gasteiger partial charge on any atom is 0.260 e. The number of ether oxygens (including phenoxy) is 2. The summed E-state index contributed by atoms with van der Waals surface area (Å²) < 4.78 is 36.1. The normalized spacial score (nSPS) is 26.5. The molecule has 0 aliphatic carbocycles. The summed E-state index contributed by atoms with van der Waals surface area (Å²) in [4.78, 5) is 0. The second-order valence-electron chi connectivity index (χ2n) is 3.79. The molecule has 2 rings (SSSR count). The maximum absolute atomic E-state index is 12.2. The molecule has 0 saturated carbocycles. The number of H-pyrrole nitrogens is 1. The molecule has 2 heterocycles. The first-order chi connectivity index (χ1) is 8.09. The van der Waals surface area contributed by atoms with Gasteiger partial charge in [0, 0.05) is 27.3 Å². The van der Waals surface area contributed by atoms with Crippen LogP contribution in [0, 0.1) is 0 Å². The standard InChI is InChI=1S/C9H15N3O4S/c1-15-7-5-12(6-8(7)16-2)17(13,14)9-3-4-10-11-9/h3-4,7-8H,5-6H2,1-2H3,(H,10,11). The fourth-order valence-corrected chi connectivity index (χ4v) is 3.25. The number of nitrogens with one attached hydrogen (secondary N) is 1. The molecule has 1 aliphatic rings. The predicted molar refractivity (Wildman–Crippen MR) is 58.9 cm³/mol. The molecule has 0 bridgehead atoms. The van der Waals surface area contributed by atoms with Crippen LogP contribution in [0.4, 0.5) is 0 Å². The SMILES string of the molecule is COC1CN(S(=O)(=O)c2ccn[nH]2)CC1OC. The number of methoxy groups -OCH3 is 2. The van der Waals surface area contributed by atoms with Crippen molar-refractivity contribution in [3.8, 4) is 0 Å². The van der Waals surface area contributed by atoms with E-state index >= 15 is 0 Å². The Balaban J connectivity index is 2.20. The molecule has 0 radical (unpaired) electrons. The lowest BCUT2D eigenvalue weighted by Crippen LogP contribution is -2.30. The molecule has 0 spiro atoms. The van der Waals surface area contributed by atoms with Crippen LogP contribution in [0.15, 0.2) is 17.3 Å². The summed E-state index contributed by atoms with van der Waals surface area (Å²) in [5.74, 6) is 0. The van der Waals surface area contributed by atoms with Crippen molar-refractivity contribution in [2.24, 2.45) is 0 Å². The average molecular weight is 261 g/mol. The molecule has 1 aromatic heterocycles. The van der Waals surface area contributed by atoms with Gasteiger partial charge in [0.2, 0.25) is 0 Å². The minimum absolute atomic E-state index is 0.0871. The quantitative estimate of drug-likeness (QED) is 0.785. The third-order valence-corrected chi connectivity index (χ3v) is 4.64. The number of sulfonamides is 1. The molecule has 8 heteroatoms. The first-order valence-electron chi connectivity index (χ1n) is 5.14. The van der Waals surface area contributed by atoms with Crippen molar-refractivity contribution in [1.82, 2.24) is 14.5 Å². The van der Waals surface area contributed by atoms with Gasteiger partial charge in [0.1, 0.15) is 0 Å². The fourth-order valence-electron chi connectivity index (χ4n) is 1.89. The molecule has 2 unspecified atom stereocenters. The highest BCUT2D eigenvalue weighted by molar-refractivity contribution is 7.89. The van der Waals surface area contributed by atoms with Gasteiger partial charge in [0.05, 0.1) is 18.4 Å². The summed E-state index contributed by atoms with van der Waals surface area (Å²) in [5.41, 5.74) is 0. The summed E-state index contributed by atoms with van der Waals surface area (Å²) in [6.45, 7) is 0.576. The zero-order chi connectivity index (χ0) is 12.5. The zero-order valence-corrected chi connectivity index (χ0v) is 10.5. The largest absolute Gasteiger partial charge is 0.377 e. The predicted octanol–water partition coefficient (Wildman–Crippen LogP) is -0.556. The maximum atomic E-state index is 12.2. The van der Waals surface area contributed by atoms with Crippen LogP contribution in [0.1, 0.15) is 0 Å². The molecule has 2 atom stereocenters. The smallest absolute Gasteiger partial charge is 0.260 e. The van der Waals surface area contributed by atoms with E-state index in [1.165, 1.54) is 16.6 Å².